The molecule has 3 aromatic rings. The number of rotatable bonds is 9. The second kappa shape index (κ2) is 10.5. The van der Waals surface area contributed by atoms with Crippen molar-refractivity contribution >= 4 is 16.6 Å². The summed E-state index contributed by atoms with van der Waals surface area (Å²) in [5.41, 5.74) is 1.48. The van der Waals surface area contributed by atoms with Crippen LogP contribution in [-0.2, 0) is 6.42 Å². The van der Waals surface area contributed by atoms with E-state index in [1.54, 1.807) is 6.92 Å². The maximum absolute atomic E-state index is 15.7. The Balaban J connectivity index is 1.52. The molecule has 5 nitrogen and oxygen atoms in total. The molecule has 0 unspecified atom stereocenters. The van der Waals surface area contributed by atoms with Gasteiger partial charge in [-0.05, 0) is 62.2 Å². The Morgan fingerprint density at radius 3 is 2.47 bits per heavy atom. The average Bonchev–Trinajstić information content (AvgIpc) is 3.18. The quantitative estimate of drug-likeness (QED) is 0.319. The van der Waals surface area contributed by atoms with Crippen molar-refractivity contribution in [3.63, 3.8) is 0 Å². The molecule has 0 radical (unpaired) electrons. The monoisotopic (exact) mass is 536 g/mol. The fraction of sp³-hybridized carbons (Fsp3) is 0.500. The third-order valence-corrected chi connectivity index (χ3v) is 7.73. The molecule has 0 bridgehead atoms. The van der Waals surface area contributed by atoms with E-state index in [9.17, 15) is 18.3 Å². The first-order valence-electron chi connectivity index (χ1n) is 13.1. The number of fused-ring (bicyclic) bond motifs is 3. The number of anilines is 1. The number of nitrogens with zero attached hydrogens (tertiary/aromatic N) is 2. The van der Waals surface area contributed by atoms with Gasteiger partial charge in [0.1, 0.15) is 24.1 Å². The highest BCUT2D eigenvalue weighted by atomic mass is 19.3. The first-order valence-corrected chi connectivity index (χ1v) is 13.1. The van der Waals surface area contributed by atoms with Gasteiger partial charge in [0.05, 0.1) is 18.6 Å². The van der Waals surface area contributed by atoms with E-state index in [0.717, 1.165) is 32.5 Å². The summed E-state index contributed by atoms with van der Waals surface area (Å²) in [6, 6.07) is 4.84. The summed E-state index contributed by atoms with van der Waals surface area (Å²) in [5.74, 6) is -5.66. The van der Waals surface area contributed by atoms with Crippen LogP contribution in [0.1, 0.15) is 49.6 Å². The van der Waals surface area contributed by atoms with Gasteiger partial charge in [0.25, 0.3) is 5.92 Å². The summed E-state index contributed by atoms with van der Waals surface area (Å²) < 4.78 is 74.4. The van der Waals surface area contributed by atoms with E-state index in [1.165, 1.54) is 35.2 Å². The SMILES string of the molecule is CCCCN1CC(Nc2cc(F)c([C@H]3c4[nH]c5ccc(F)cc5c4C[C@H](C)N3CC(F)(F)CO)c(F)c2)C1. The van der Waals surface area contributed by atoms with Crippen molar-refractivity contribution in [2.75, 3.05) is 38.1 Å². The molecule has 2 aliphatic heterocycles. The van der Waals surface area contributed by atoms with Crippen LogP contribution in [0.2, 0.25) is 0 Å². The number of aliphatic hydroxyl groups is 1. The Bertz CT molecular complexity index is 1280. The van der Waals surface area contributed by atoms with E-state index in [1.807, 2.05) is 0 Å². The van der Waals surface area contributed by atoms with Crippen LogP contribution in [0.5, 0.6) is 0 Å². The van der Waals surface area contributed by atoms with Crippen molar-refractivity contribution in [3.05, 3.63) is 64.6 Å². The standard InChI is InChI=1S/C28H33F5N4O/c1-3-4-7-36-12-19(13-36)34-18-10-22(30)25(23(31)11-18)27-26-21(20-9-17(29)5-6-24(20)35-26)8-16(2)37(27)14-28(32,33)15-38/h5-6,9-11,16,19,27,34-35,38H,3-4,7-8,12-15H2,1-2H3/t16-,27-/m0/s1. The van der Waals surface area contributed by atoms with Crippen molar-refractivity contribution in [1.82, 2.24) is 14.8 Å². The number of aliphatic hydroxyl groups excluding tert-OH is 1. The molecule has 10 heteroatoms. The third-order valence-electron chi connectivity index (χ3n) is 7.73. The van der Waals surface area contributed by atoms with E-state index < -0.39 is 48.6 Å². The lowest BCUT2D eigenvalue weighted by Gasteiger charge is -2.42. The van der Waals surface area contributed by atoms with Crippen molar-refractivity contribution in [3.8, 4) is 0 Å². The summed E-state index contributed by atoms with van der Waals surface area (Å²) in [6.07, 6.45) is 2.47. The normalized spacial score (nSPS) is 21.1. The Labute approximate surface area is 218 Å². The highest BCUT2D eigenvalue weighted by Crippen LogP contribution is 2.44. The lowest BCUT2D eigenvalue weighted by atomic mass is 9.87. The van der Waals surface area contributed by atoms with Crippen LogP contribution in [0.4, 0.5) is 27.6 Å². The molecular weight excluding hydrogens is 503 g/mol. The van der Waals surface area contributed by atoms with Gasteiger partial charge in [-0.25, -0.2) is 22.0 Å². The van der Waals surface area contributed by atoms with Gasteiger partial charge in [0.15, 0.2) is 0 Å². The number of aromatic nitrogens is 1. The lowest BCUT2D eigenvalue weighted by molar-refractivity contribution is -0.0869. The van der Waals surface area contributed by atoms with E-state index in [4.69, 9.17) is 0 Å². The average molecular weight is 537 g/mol. The minimum Gasteiger partial charge on any atom is -0.390 e. The maximum atomic E-state index is 15.7. The predicted molar refractivity (Wildman–Crippen MR) is 137 cm³/mol. The molecule has 5 rings (SSSR count). The number of hydrogen-bond donors (Lipinski definition) is 3. The maximum Gasteiger partial charge on any atom is 0.283 e. The number of benzene rings is 2. The molecule has 3 heterocycles. The second-order valence-electron chi connectivity index (χ2n) is 10.7. The highest BCUT2D eigenvalue weighted by Gasteiger charge is 2.43. The molecule has 206 valence electrons. The third kappa shape index (κ3) is 5.13. The van der Waals surface area contributed by atoms with Gasteiger partial charge in [0.2, 0.25) is 0 Å². The molecule has 2 aromatic carbocycles. The molecule has 0 saturated carbocycles. The van der Waals surface area contributed by atoms with Gasteiger partial charge in [-0.2, -0.15) is 0 Å². The molecule has 0 aliphatic carbocycles. The first-order chi connectivity index (χ1) is 18.1. The molecule has 2 atom stereocenters. The number of aromatic amines is 1. The summed E-state index contributed by atoms with van der Waals surface area (Å²) in [4.78, 5) is 6.70. The smallest absolute Gasteiger partial charge is 0.283 e. The van der Waals surface area contributed by atoms with E-state index in [2.05, 4.69) is 22.1 Å². The lowest BCUT2D eigenvalue weighted by Crippen LogP contribution is -2.54. The fourth-order valence-electron chi connectivity index (χ4n) is 5.79. The molecule has 2 aliphatic rings. The summed E-state index contributed by atoms with van der Waals surface area (Å²) >= 11 is 0. The van der Waals surface area contributed by atoms with Gasteiger partial charge < -0.3 is 15.4 Å². The molecular formula is C28H33F5N4O. The largest absolute Gasteiger partial charge is 0.390 e. The van der Waals surface area contributed by atoms with Crippen LogP contribution in [0.25, 0.3) is 10.9 Å². The van der Waals surface area contributed by atoms with Crippen molar-refractivity contribution < 1.29 is 27.1 Å². The molecule has 0 amide bonds. The summed E-state index contributed by atoms with van der Waals surface area (Å²) in [6.45, 7) is 4.08. The Kier molecular flexibility index (Phi) is 7.41. The number of hydrogen-bond acceptors (Lipinski definition) is 4. The molecule has 0 spiro atoms. The first kappa shape index (κ1) is 26.9. The van der Waals surface area contributed by atoms with Crippen molar-refractivity contribution in [2.45, 2.75) is 57.2 Å². The zero-order valence-electron chi connectivity index (χ0n) is 21.5. The minimum absolute atomic E-state index is 0.0705. The molecule has 3 N–H and O–H groups in total. The van der Waals surface area contributed by atoms with E-state index in [0.29, 0.717) is 27.8 Å². The van der Waals surface area contributed by atoms with Crippen LogP contribution in [0.3, 0.4) is 0 Å². The van der Waals surface area contributed by atoms with E-state index >= 15 is 8.78 Å². The number of H-pyrrole nitrogens is 1. The Morgan fingerprint density at radius 1 is 1.11 bits per heavy atom. The van der Waals surface area contributed by atoms with Gasteiger partial charge >= 0.3 is 0 Å². The van der Waals surface area contributed by atoms with Crippen LogP contribution in [0, 0.1) is 17.5 Å². The van der Waals surface area contributed by atoms with Gasteiger partial charge in [-0.15, -0.1) is 0 Å². The molecule has 1 fully saturated rings. The second-order valence-corrected chi connectivity index (χ2v) is 10.7. The Hall–Kier alpha value is -2.69. The van der Waals surface area contributed by atoms with Crippen LogP contribution in [0.15, 0.2) is 30.3 Å². The van der Waals surface area contributed by atoms with Crippen molar-refractivity contribution in [1.29, 1.82) is 0 Å². The molecule has 38 heavy (non-hydrogen) atoms. The zero-order valence-corrected chi connectivity index (χ0v) is 21.5. The van der Waals surface area contributed by atoms with Crippen LogP contribution >= 0.6 is 0 Å². The predicted octanol–water partition coefficient (Wildman–Crippen LogP) is 5.45. The Morgan fingerprint density at radius 2 is 1.82 bits per heavy atom. The number of halogens is 5. The van der Waals surface area contributed by atoms with Crippen molar-refractivity contribution in [2.24, 2.45) is 0 Å². The van der Waals surface area contributed by atoms with Gasteiger partial charge in [0, 0.05) is 47.0 Å². The molecule has 1 aromatic heterocycles. The molecule has 1 saturated heterocycles. The topological polar surface area (TPSA) is 54.5 Å². The zero-order chi connectivity index (χ0) is 27.2. The number of likely N-dealkylation sites (tertiary alicyclic amines) is 1. The number of unbranched alkanes of at least 4 members (excludes halogenated alkanes) is 1. The van der Waals surface area contributed by atoms with Crippen LogP contribution in [-0.4, -0.2) is 70.7 Å². The highest BCUT2D eigenvalue weighted by molar-refractivity contribution is 5.85. The minimum atomic E-state index is -3.48. The van der Waals surface area contributed by atoms with Gasteiger partial charge in [-0.1, -0.05) is 13.3 Å². The summed E-state index contributed by atoms with van der Waals surface area (Å²) in [5, 5.41) is 13.0. The van der Waals surface area contributed by atoms with E-state index in [-0.39, 0.29) is 18.0 Å². The van der Waals surface area contributed by atoms with Crippen LogP contribution < -0.4 is 5.32 Å². The number of alkyl halides is 2. The van der Waals surface area contributed by atoms with Gasteiger partial charge in [-0.3, -0.25) is 9.80 Å². The fourth-order valence-corrected chi connectivity index (χ4v) is 5.79. The summed E-state index contributed by atoms with van der Waals surface area (Å²) in [7, 11) is 0. The number of nitrogens with one attached hydrogen (secondary N) is 2.